The zero-order valence-electron chi connectivity index (χ0n) is 18.6. The molecule has 0 spiro atoms. The first-order chi connectivity index (χ1) is 16.3. The van der Waals surface area contributed by atoms with E-state index in [0.29, 0.717) is 0 Å². The number of hydrogen-bond acceptors (Lipinski definition) is 4. The van der Waals surface area contributed by atoms with Crippen LogP contribution in [-0.4, -0.2) is 60.1 Å². The fraction of sp³-hybridized carbons (Fsp3) is 0.400. The van der Waals surface area contributed by atoms with Gasteiger partial charge in [-0.25, -0.2) is 13.6 Å². The number of benzene rings is 2. The Kier molecular flexibility index (Phi) is 6.81. The normalized spacial score (nSPS) is 20.1. The van der Waals surface area contributed by atoms with Gasteiger partial charge in [0.15, 0.2) is 0 Å². The van der Waals surface area contributed by atoms with Crippen LogP contribution in [-0.2, 0) is 14.3 Å². The summed E-state index contributed by atoms with van der Waals surface area (Å²) >= 11 is 0. The molecule has 4 rings (SSSR count). The van der Waals surface area contributed by atoms with E-state index in [1.807, 2.05) is 48.5 Å². The van der Waals surface area contributed by atoms with Gasteiger partial charge in [0.05, 0.1) is 5.92 Å². The number of alkyl halides is 2. The summed E-state index contributed by atoms with van der Waals surface area (Å²) in [6, 6.07) is 14.1. The number of nitrogens with zero attached hydrogens (tertiary/aromatic N) is 1. The molecule has 1 saturated heterocycles. The summed E-state index contributed by atoms with van der Waals surface area (Å²) in [5, 5.41) is 11.6. The average Bonchev–Trinajstić information content (AvgIpc) is 3.35. The van der Waals surface area contributed by atoms with E-state index < -0.39 is 42.8 Å². The highest BCUT2D eigenvalue weighted by atomic mass is 19.3. The first-order valence-electron chi connectivity index (χ1n) is 11.2. The topological polar surface area (TPSA) is 95.9 Å². The van der Waals surface area contributed by atoms with Gasteiger partial charge < -0.3 is 20.1 Å². The summed E-state index contributed by atoms with van der Waals surface area (Å²) in [5.41, 5.74) is 4.10. The molecule has 34 heavy (non-hydrogen) atoms. The molecule has 0 bridgehead atoms. The first-order valence-corrected chi connectivity index (χ1v) is 11.2. The molecule has 180 valence electrons. The van der Waals surface area contributed by atoms with Crippen molar-refractivity contribution in [3.8, 4) is 11.1 Å². The fourth-order valence-electron chi connectivity index (χ4n) is 4.87. The molecule has 1 aliphatic carbocycles. The maximum Gasteiger partial charge on any atom is 0.407 e. The van der Waals surface area contributed by atoms with Crippen molar-refractivity contribution in [2.24, 2.45) is 11.8 Å². The number of carbonyl (C=O) groups is 3. The van der Waals surface area contributed by atoms with Gasteiger partial charge in [-0.15, -0.1) is 0 Å². The average molecular weight is 472 g/mol. The number of carboxylic acids is 1. The molecule has 1 fully saturated rings. The zero-order valence-corrected chi connectivity index (χ0v) is 18.6. The van der Waals surface area contributed by atoms with Gasteiger partial charge in [0.25, 0.3) is 0 Å². The van der Waals surface area contributed by atoms with E-state index >= 15 is 0 Å². The summed E-state index contributed by atoms with van der Waals surface area (Å²) in [7, 11) is 0. The number of alkyl carbamates (subject to hydrolysis) is 1. The summed E-state index contributed by atoms with van der Waals surface area (Å²) < 4.78 is 31.7. The number of halogens is 2. The predicted molar refractivity (Wildman–Crippen MR) is 119 cm³/mol. The Hall–Kier alpha value is -3.49. The molecule has 1 heterocycles. The van der Waals surface area contributed by atoms with E-state index in [4.69, 9.17) is 4.74 Å². The summed E-state index contributed by atoms with van der Waals surface area (Å²) in [4.78, 5) is 37.9. The van der Waals surface area contributed by atoms with Gasteiger partial charge in [-0.2, -0.15) is 0 Å². The number of hydrogen-bond donors (Lipinski definition) is 2. The monoisotopic (exact) mass is 472 g/mol. The van der Waals surface area contributed by atoms with Crippen molar-refractivity contribution in [3.63, 3.8) is 0 Å². The summed E-state index contributed by atoms with van der Waals surface area (Å²) in [5.74, 6) is -3.08. The molecular formula is C25H26F2N2O5. The van der Waals surface area contributed by atoms with Crippen molar-refractivity contribution in [2.45, 2.75) is 31.7 Å². The van der Waals surface area contributed by atoms with E-state index in [9.17, 15) is 28.3 Å². The second kappa shape index (κ2) is 9.79. The Morgan fingerprint density at radius 3 is 2.18 bits per heavy atom. The van der Waals surface area contributed by atoms with Crippen molar-refractivity contribution in [3.05, 3.63) is 59.7 Å². The minimum Gasteiger partial charge on any atom is -0.481 e. The number of ether oxygens (including phenoxy) is 1. The van der Waals surface area contributed by atoms with Crippen molar-refractivity contribution < 1.29 is 33.0 Å². The van der Waals surface area contributed by atoms with Crippen LogP contribution in [0.15, 0.2) is 48.5 Å². The van der Waals surface area contributed by atoms with Gasteiger partial charge in [0, 0.05) is 25.4 Å². The van der Waals surface area contributed by atoms with Crippen LogP contribution in [0.3, 0.4) is 0 Å². The van der Waals surface area contributed by atoms with Gasteiger partial charge in [0.2, 0.25) is 12.3 Å². The molecule has 2 N–H and O–H groups in total. The maximum atomic E-state index is 13.2. The third-order valence-corrected chi connectivity index (χ3v) is 6.59. The number of carboxylic acid groups (broad SMARTS) is 1. The molecule has 3 atom stereocenters. The van der Waals surface area contributed by atoms with E-state index in [0.717, 1.165) is 22.3 Å². The number of nitrogens with one attached hydrogen (secondary N) is 1. The van der Waals surface area contributed by atoms with Gasteiger partial charge in [-0.05, 0) is 28.2 Å². The van der Waals surface area contributed by atoms with Crippen molar-refractivity contribution in [1.29, 1.82) is 0 Å². The molecule has 7 nitrogen and oxygen atoms in total. The lowest BCUT2D eigenvalue weighted by Gasteiger charge is -2.24. The molecule has 1 unspecified atom stereocenters. The van der Waals surface area contributed by atoms with E-state index in [-0.39, 0.29) is 31.5 Å². The Bertz CT molecular complexity index is 1050. The van der Waals surface area contributed by atoms with E-state index in [2.05, 4.69) is 5.32 Å². The lowest BCUT2D eigenvalue weighted by molar-refractivity contribution is -0.142. The van der Waals surface area contributed by atoms with E-state index in [1.54, 1.807) is 6.92 Å². The van der Waals surface area contributed by atoms with Crippen LogP contribution in [0.5, 0.6) is 0 Å². The summed E-state index contributed by atoms with van der Waals surface area (Å²) in [6.45, 7) is 1.72. The van der Waals surface area contributed by atoms with Gasteiger partial charge in [0.1, 0.15) is 12.6 Å². The Morgan fingerprint density at radius 1 is 1.06 bits per heavy atom. The van der Waals surface area contributed by atoms with Crippen molar-refractivity contribution in [2.75, 3.05) is 19.7 Å². The highest BCUT2D eigenvalue weighted by Crippen LogP contribution is 2.44. The minimum absolute atomic E-state index is 0.0166. The molecule has 9 heteroatoms. The van der Waals surface area contributed by atoms with Crippen LogP contribution >= 0.6 is 0 Å². The maximum absolute atomic E-state index is 13.2. The molecule has 0 saturated carbocycles. The number of fused-ring (bicyclic) bond motifs is 3. The Balaban J connectivity index is 1.42. The Labute approximate surface area is 195 Å². The van der Waals surface area contributed by atoms with Gasteiger partial charge in [-0.1, -0.05) is 55.5 Å². The highest BCUT2D eigenvalue weighted by molar-refractivity contribution is 5.87. The number of aliphatic carboxylic acids is 1. The minimum atomic E-state index is -2.84. The van der Waals surface area contributed by atoms with Gasteiger partial charge >= 0.3 is 12.1 Å². The molecule has 0 aromatic heterocycles. The molecule has 1 aliphatic heterocycles. The zero-order chi connectivity index (χ0) is 24.4. The fourth-order valence-corrected chi connectivity index (χ4v) is 4.87. The number of rotatable bonds is 7. The standard InChI is InChI=1S/C25H26F2N2O5/c1-14-11-29(12-19(14)24(31)32)23(30)21(10-22(26)27)28-25(33)34-13-20-17-8-4-2-6-15(17)16-7-3-5-9-18(16)20/h2-9,14,19-22H,10-13H2,1H3,(H,28,33)(H,31,32)/t14-,19-,21?/m1/s1. The lowest BCUT2D eigenvalue weighted by Crippen LogP contribution is -2.49. The second-order valence-electron chi connectivity index (χ2n) is 8.81. The number of carbonyl (C=O) groups excluding carboxylic acids is 2. The summed E-state index contributed by atoms with van der Waals surface area (Å²) in [6.07, 6.45) is -4.69. The quantitative estimate of drug-likeness (QED) is 0.640. The third-order valence-electron chi connectivity index (χ3n) is 6.59. The first kappa shape index (κ1) is 23.7. The lowest BCUT2D eigenvalue weighted by atomic mass is 9.98. The van der Waals surface area contributed by atoms with Gasteiger partial charge in [-0.3, -0.25) is 9.59 Å². The van der Waals surface area contributed by atoms with Crippen LogP contribution in [0.1, 0.15) is 30.4 Å². The third kappa shape index (κ3) is 4.73. The second-order valence-corrected chi connectivity index (χ2v) is 8.81. The van der Waals surface area contributed by atoms with Crippen LogP contribution in [0.25, 0.3) is 11.1 Å². The molecule has 0 radical (unpaired) electrons. The van der Waals surface area contributed by atoms with Crippen LogP contribution in [0.4, 0.5) is 13.6 Å². The molecule has 2 aromatic carbocycles. The molecule has 2 aliphatic rings. The van der Waals surface area contributed by atoms with E-state index in [1.165, 1.54) is 4.90 Å². The van der Waals surface area contributed by atoms with Crippen molar-refractivity contribution in [1.82, 2.24) is 10.2 Å². The molecule has 2 amide bonds. The SMILES string of the molecule is C[C@@H]1CN(C(=O)C(CC(F)F)NC(=O)OCC2c3ccccc3-c3ccccc32)C[C@H]1C(=O)O. The largest absolute Gasteiger partial charge is 0.481 e. The smallest absolute Gasteiger partial charge is 0.407 e. The van der Waals surface area contributed by atoms with Crippen LogP contribution in [0.2, 0.25) is 0 Å². The van der Waals surface area contributed by atoms with Crippen LogP contribution < -0.4 is 5.32 Å². The predicted octanol–water partition coefficient (Wildman–Crippen LogP) is 3.73. The number of likely N-dealkylation sites (tertiary alicyclic amines) is 1. The highest BCUT2D eigenvalue weighted by Gasteiger charge is 2.40. The molecular weight excluding hydrogens is 446 g/mol. The Morgan fingerprint density at radius 2 is 1.65 bits per heavy atom. The number of amides is 2. The van der Waals surface area contributed by atoms with Crippen molar-refractivity contribution >= 4 is 18.0 Å². The van der Waals surface area contributed by atoms with Crippen LogP contribution in [0, 0.1) is 11.8 Å². The molecule has 2 aromatic rings.